The highest BCUT2D eigenvalue weighted by Crippen LogP contribution is 2.32. The Balaban J connectivity index is 2.29. The zero-order chi connectivity index (χ0) is 12.3. The maximum Gasteiger partial charge on any atom is 0.123 e. The van der Waals surface area contributed by atoms with Crippen molar-refractivity contribution in [1.29, 1.82) is 0 Å². The molecule has 1 nitrogen and oxygen atoms in total. The molecular formula is C13H10ClFOS. The third kappa shape index (κ3) is 3.22. The van der Waals surface area contributed by atoms with Gasteiger partial charge in [0.1, 0.15) is 5.82 Å². The van der Waals surface area contributed by atoms with E-state index in [0.29, 0.717) is 10.6 Å². The van der Waals surface area contributed by atoms with Crippen molar-refractivity contribution in [2.45, 2.75) is 16.4 Å². The van der Waals surface area contributed by atoms with E-state index in [2.05, 4.69) is 0 Å². The lowest BCUT2D eigenvalue weighted by molar-refractivity contribution is 0.278. The molecule has 2 aromatic rings. The zero-order valence-electron chi connectivity index (χ0n) is 8.86. The van der Waals surface area contributed by atoms with Crippen LogP contribution < -0.4 is 0 Å². The predicted molar refractivity (Wildman–Crippen MR) is 67.9 cm³/mol. The van der Waals surface area contributed by atoms with Gasteiger partial charge >= 0.3 is 0 Å². The topological polar surface area (TPSA) is 20.2 Å². The minimum Gasteiger partial charge on any atom is -0.392 e. The standard InChI is InChI=1S/C13H10ClFOS/c14-10-2-1-3-12(7-10)17-13-5-4-11(15)6-9(13)8-16/h1-7,16H,8H2. The van der Waals surface area contributed by atoms with Crippen molar-refractivity contribution in [1.82, 2.24) is 0 Å². The number of rotatable bonds is 3. The predicted octanol–water partition coefficient (Wildman–Crippen LogP) is 4.12. The Labute approximate surface area is 108 Å². The van der Waals surface area contributed by atoms with Crippen LogP contribution >= 0.6 is 23.4 Å². The monoisotopic (exact) mass is 268 g/mol. The summed E-state index contributed by atoms with van der Waals surface area (Å²) >= 11 is 7.34. The lowest BCUT2D eigenvalue weighted by atomic mass is 10.2. The fourth-order valence-electron chi connectivity index (χ4n) is 1.43. The Hall–Kier alpha value is -1.03. The SMILES string of the molecule is OCc1cc(F)ccc1Sc1cccc(Cl)c1. The zero-order valence-corrected chi connectivity index (χ0v) is 10.4. The third-order valence-electron chi connectivity index (χ3n) is 2.22. The second kappa shape index (κ2) is 5.54. The van der Waals surface area contributed by atoms with Gasteiger partial charge in [-0.05, 0) is 42.0 Å². The van der Waals surface area contributed by atoms with Crippen LogP contribution in [0.3, 0.4) is 0 Å². The summed E-state index contributed by atoms with van der Waals surface area (Å²) in [6.45, 7) is -0.180. The van der Waals surface area contributed by atoms with Gasteiger partial charge in [0.25, 0.3) is 0 Å². The highest BCUT2D eigenvalue weighted by atomic mass is 35.5. The maximum atomic E-state index is 13.0. The van der Waals surface area contributed by atoms with E-state index in [9.17, 15) is 4.39 Å². The molecule has 88 valence electrons. The summed E-state index contributed by atoms with van der Waals surface area (Å²) in [6, 6.07) is 11.8. The maximum absolute atomic E-state index is 13.0. The van der Waals surface area contributed by atoms with Gasteiger partial charge in [0.05, 0.1) is 6.61 Å². The summed E-state index contributed by atoms with van der Waals surface area (Å²) in [5.41, 5.74) is 0.579. The average molecular weight is 269 g/mol. The average Bonchev–Trinajstić information content (AvgIpc) is 2.31. The molecule has 0 amide bonds. The van der Waals surface area contributed by atoms with Gasteiger partial charge in [-0.3, -0.25) is 0 Å². The Morgan fingerprint density at radius 3 is 2.71 bits per heavy atom. The lowest BCUT2D eigenvalue weighted by Gasteiger charge is -2.07. The summed E-state index contributed by atoms with van der Waals surface area (Å²) < 4.78 is 13.0. The molecule has 0 heterocycles. The van der Waals surface area contributed by atoms with Crippen molar-refractivity contribution in [3.63, 3.8) is 0 Å². The molecule has 0 aliphatic carbocycles. The lowest BCUT2D eigenvalue weighted by Crippen LogP contribution is -1.89. The summed E-state index contributed by atoms with van der Waals surface area (Å²) in [7, 11) is 0. The second-order valence-electron chi connectivity index (χ2n) is 3.47. The first-order chi connectivity index (χ1) is 8.19. The molecule has 0 unspecified atom stereocenters. The molecule has 0 aliphatic rings. The number of aliphatic hydroxyl groups is 1. The van der Waals surface area contributed by atoms with Crippen LogP contribution in [0, 0.1) is 5.82 Å². The summed E-state index contributed by atoms with van der Waals surface area (Å²) in [4.78, 5) is 1.79. The minimum atomic E-state index is -0.343. The van der Waals surface area contributed by atoms with Crippen molar-refractivity contribution >= 4 is 23.4 Å². The van der Waals surface area contributed by atoms with E-state index in [1.165, 1.54) is 23.9 Å². The molecule has 2 aromatic carbocycles. The van der Waals surface area contributed by atoms with Gasteiger partial charge in [0.15, 0.2) is 0 Å². The van der Waals surface area contributed by atoms with Crippen LogP contribution in [0.15, 0.2) is 52.3 Å². The van der Waals surface area contributed by atoms with Crippen LogP contribution in [0.1, 0.15) is 5.56 Å². The molecule has 0 fully saturated rings. The van der Waals surface area contributed by atoms with Crippen LogP contribution in [-0.4, -0.2) is 5.11 Å². The van der Waals surface area contributed by atoms with Gasteiger partial charge in [-0.2, -0.15) is 0 Å². The number of hydrogen-bond acceptors (Lipinski definition) is 2. The molecule has 0 aliphatic heterocycles. The molecule has 2 rings (SSSR count). The van der Waals surface area contributed by atoms with E-state index in [1.807, 2.05) is 18.2 Å². The van der Waals surface area contributed by atoms with Crippen molar-refractivity contribution in [3.8, 4) is 0 Å². The molecule has 0 atom stereocenters. The smallest absolute Gasteiger partial charge is 0.123 e. The van der Waals surface area contributed by atoms with Crippen molar-refractivity contribution in [2.75, 3.05) is 0 Å². The second-order valence-corrected chi connectivity index (χ2v) is 5.02. The van der Waals surface area contributed by atoms with Gasteiger partial charge in [0.2, 0.25) is 0 Å². The number of benzene rings is 2. The molecule has 0 saturated carbocycles. The van der Waals surface area contributed by atoms with Crippen molar-refractivity contribution < 1.29 is 9.50 Å². The van der Waals surface area contributed by atoms with Gasteiger partial charge in [0, 0.05) is 14.8 Å². The van der Waals surface area contributed by atoms with Crippen LogP contribution in [0.25, 0.3) is 0 Å². The van der Waals surface area contributed by atoms with Crippen molar-refractivity contribution in [3.05, 3.63) is 58.9 Å². The highest BCUT2D eigenvalue weighted by molar-refractivity contribution is 7.99. The highest BCUT2D eigenvalue weighted by Gasteiger charge is 2.05. The molecule has 0 saturated heterocycles. The molecule has 1 N–H and O–H groups in total. The van der Waals surface area contributed by atoms with Gasteiger partial charge in [-0.25, -0.2) is 4.39 Å². The van der Waals surface area contributed by atoms with E-state index in [-0.39, 0.29) is 12.4 Å². The minimum absolute atomic E-state index is 0.180. The largest absolute Gasteiger partial charge is 0.392 e. The fraction of sp³-hybridized carbons (Fsp3) is 0.0769. The third-order valence-corrected chi connectivity index (χ3v) is 3.56. The molecule has 0 bridgehead atoms. The van der Waals surface area contributed by atoms with Crippen LogP contribution in [0.5, 0.6) is 0 Å². The van der Waals surface area contributed by atoms with E-state index >= 15 is 0 Å². The van der Waals surface area contributed by atoms with Gasteiger partial charge in [-0.1, -0.05) is 29.4 Å². The summed E-state index contributed by atoms with van der Waals surface area (Å²) in [6.07, 6.45) is 0. The molecule has 4 heteroatoms. The Bertz CT molecular complexity index is 531. The van der Waals surface area contributed by atoms with Crippen LogP contribution in [-0.2, 0) is 6.61 Å². The van der Waals surface area contributed by atoms with E-state index < -0.39 is 0 Å². The fourth-order valence-corrected chi connectivity index (χ4v) is 2.66. The van der Waals surface area contributed by atoms with Crippen LogP contribution in [0.2, 0.25) is 5.02 Å². The molecule has 0 radical (unpaired) electrons. The molecular weight excluding hydrogens is 259 g/mol. The van der Waals surface area contributed by atoms with Crippen LogP contribution in [0.4, 0.5) is 4.39 Å². The van der Waals surface area contributed by atoms with E-state index in [1.54, 1.807) is 12.1 Å². The molecule has 17 heavy (non-hydrogen) atoms. The Kier molecular flexibility index (Phi) is 4.05. The number of aliphatic hydroxyl groups excluding tert-OH is 1. The first-order valence-electron chi connectivity index (χ1n) is 5.02. The number of halogens is 2. The summed E-state index contributed by atoms with van der Waals surface area (Å²) in [5, 5.41) is 9.82. The first kappa shape index (κ1) is 12.4. The van der Waals surface area contributed by atoms with Gasteiger partial charge in [-0.15, -0.1) is 0 Å². The quantitative estimate of drug-likeness (QED) is 0.903. The normalized spacial score (nSPS) is 10.5. The van der Waals surface area contributed by atoms with Gasteiger partial charge < -0.3 is 5.11 Å². The molecule has 0 aromatic heterocycles. The van der Waals surface area contributed by atoms with E-state index in [4.69, 9.17) is 16.7 Å². The molecule has 0 spiro atoms. The first-order valence-corrected chi connectivity index (χ1v) is 6.21. The van der Waals surface area contributed by atoms with E-state index in [0.717, 1.165) is 9.79 Å². The Morgan fingerprint density at radius 1 is 1.18 bits per heavy atom. The summed E-state index contributed by atoms with van der Waals surface area (Å²) in [5.74, 6) is -0.343. The number of hydrogen-bond donors (Lipinski definition) is 1. The Morgan fingerprint density at radius 2 is 2.00 bits per heavy atom. The van der Waals surface area contributed by atoms with Crippen molar-refractivity contribution in [2.24, 2.45) is 0 Å².